The largest absolute Gasteiger partial charge is 1.00 e. The standard InChI is InChI=1S/C6H6O3Se.Li.3H2O/c7-10(8,9)6-4-2-1-3-5-6;;;;/h1-5H,(H,7,8,9);;3*1H2/q;+1;;;/p-1. The molecule has 1 aromatic carbocycles. The summed E-state index contributed by atoms with van der Waals surface area (Å²) in [5.74, 6) is 0. The summed E-state index contributed by atoms with van der Waals surface area (Å²) in [6.45, 7) is 0. The van der Waals surface area contributed by atoms with Gasteiger partial charge in [-0.1, -0.05) is 0 Å². The van der Waals surface area contributed by atoms with Crippen LogP contribution >= 0.6 is 0 Å². The van der Waals surface area contributed by atoms with E-state index >= 15 is 0 Å². The molecule has 0 radical (unpaired) electrons. The van der Waals surface area contributed by atoms with Gasteiger partial charge in [-0.15, -0.1) is 0 Å². The minimum atomic E-state index is -4.95. The zero-order valence-corrected chi connectivity index (χ0v) is 9.23. The first-order valence-electron chi connectivity index (χ1n) is 2.61. The predicted octanol–water partition coefficient (Wildman–Crippen LogP) is -6.42. The topological polar surface area (TPSA) is 152 Å². The Morgan fingerprint density at radius 3 is 1.50 bits per heavy atom. The second kappa shape index (κ2) is 9.34. The molecule has 0 aliphatic heterocycles. The number of rotatable bonds is 1. The van der Waals surface area contributed by atoms with E-state index in [0.717, 1.165) is 0 Å². The Labute approximate surface area is 95.0 Å². The maximum absolute atomic E-state index is 10.4. The number of benzene rings is 1. The molecule has 0 bridgehead atoms. The van der Waals surface area contributed by atoms with Crippen molar-refractivity contribution in [2.75, 3.05) is 0 Å². The van der Waals surface area contributed by atoms with Crippen molar-refractivity contribution < 1.29 is 47.1 Å². The summed E-state index contributed by atoms with van der Waals surface area (Å²) in [4.78, 5) is 0. The molecule has 0 atom stereocenters. The van der Waals surface area contributed by atoms with Gasteiger partial charge >= 0.3 is 78.6 Å². The Morgan fingerprint density at radius 2 is 1.29 bits per heavy atom. The Bertz CT molecular complexity index is 310. The van der Waals surface area contributed by atoms with Gasteiger partial charge in [-0.2, -0.15) is 0 Å². The summed E-state index contributed by atoms with van der Waals surface area (Å²) in [6.07, 6.45) is 0. The van der Waals surface area contributed by atoms with Gasteiger partial charge in [-0.25, -0.2) is 0 Å². The van der Waals surface area contributed by atoms with Crippen LogP contribution in [0.15, 0.2) is 30.3 Å². The third-order valence-electron chi connectivity index (χ3n) is 1.03. The molecule has 0 spiro atoms. The summed E-state index contributed by atoms with van der Waals surface area (Å²) < 4.78 is 30.9. The maximum Gasteiger partial charge on any atom is 1.00 e. The summed E-state index contributed by atoms with van der Waals surface area (Å²) in [7, 11) is 0. The minimum Gasteiger partial charge on any atom is 1.00 e. The molecule has 0 saturated heterocycles. The van der Waals surface area contributed by atoms with Gasteiger partial charge in [0.2, 0.25) is 0 Å². The number of hydrogen-bond acceptors (Lipinski definition) is 3. The Kier molecular flexibility index (Phi) is 15.7. The van der Waals surface area contributed by atoms with E-state index in [1.54, 1.807) is 6.07 Å². The third-order valence-corrected chi connectivity index (χ3v) is 2.81. The van der Waals surface area contributed by atoms with E-state index in [-0.39, 0.29) is 39.8 Å². The van der Waals surface area contributed by atoms with Crippen LogP contribution in [0.5, 0.6) is 0 Å². The molecule has 1 rings (SSSR count). The van der Waals surface area contributed by atoms with E-state index in [0.29, 0.717) is 0 Å². The normalized spacial score (nSPS) is 8.07. The van der Waals surface area contributed by atoms with Gasteiger partial charge in [0.05, 0.1) is 0 Å². The summed E-state index contributed by atoms with van der Waals surface area (Å²) in [5.41, 5.74) is 0. The van der Waals surface area contributed by atoms with Gasteiger partial charge in [0.1, 0.15) is 0 Å². The van der Waals surface area contributed by atoms with Gasteiger partial charge < -0.3 is 16.4 Å². The van der Waals surface area contributed by atoms with E-state index in [4.69, 9.17) is 0 Å². The van der Waals surface area contributed by atoms with Crippen molar-refractivity contribution >= 4 is 17.5 Å². The molecule has 0 heterocycles. The second-order valence-corrected chi connectivity index (χ2v) is 4.66. The molecule has 0 saturated carbocycles. The zero-order valence-electron chi connectivity index (χ0n) is 7.52. The van der Waals surface area contributed by atoms with Crippen LogP contribution in [0.25, 0.3) is 0 Å². The first-order valence-corrected chi connectivity index (χ1v) is 5.57. The molecule has 6 nitrogen and oxygen atoms in total. The van der Waals surface area contributed by atoms with Crippen LogP contribution in [0.2, 0.25) is 0 Å². The first-order chi connectivity index (χ1) is 4.61. The number of hydrogen-bond donors (Lipinski definition) is 0. The van der Waals surface area contributed by atoms with Crippen molar-refractivity contribution in [2.45, 2.75) is 0 Å². The Morgan fingerprint density at radius 1 is 0.929 bits per heavy atom. The van der Waals surface area contributed by atoms with Gasteiger partial charge in [-0.05, 0) is 0 Å². The van der Waals surface area contributed by atoms with Gasteiger partial charge in [0.15, 0.2) is 0 Å². The molecule has 1 aromatic rings. The van der Waals surface area contributed by atoms with E-state index in [1.807, 2.05) is 0 Å². The van der Waals surface area contributed by atoms with Crippen molar-refractivity contribution in [1.29, 1.82) is 0 Å². The van der Waals surface area contributed by atoms with Crippen LogP contribution < -0.4 is 27.5 Å². The van der Waals surface area contributed by atoms with Crippen molar-refractivity contribution in [3.05, 3.63) is 30.3 Å². The van der Waals surface area contributed by atoms with E-state index in [9.17, 15) is 11.9 Å². The van der Waals surface area contributed by atoms with Crippen LogP contribution in [0.1, 0.15) is 0 Å². The predicted molar refractivity (Wildman–Crippen MR) is 44.0 cm³/mol. The van der Waals surface area contributed by atoms with Crippen LogP contribution in [-0.4, -0.2) is 29.5 Å². The Hall–Kier alpha value is -0.223. The van der Waals surface area contributed by atoms with Crippen LogP contribution in [0.4, 0.5) is 0 Å². The van der Waals surface area contributed by atoms with Crippen LogP contribution in [-0.2, 0) is 7.67 Å². The average Bonchev–Trinajstić information content (AvgIpc) is 1.88. The van der Waals surface area contributed by atoms with Crippen LogP contribution in [0, 0.1) is 0 Å². The molecule has 0 fully saturated rings. The van der Waals surface area contributed by atoms with Gasteiger partial charge in [-0.3, -0.25) is 0 Å². The van der Waals surface area contributed by atoms with Gasteiger partial charge in [0, 0.05) is 0 Å². The average molecular weight is 265 g/mol. The van der Waals surface area contributed by atoms with Gasteiger partial charge in [0.25, 0.3) is 0 Å². The maximum atomic E-state index is 10.4. The first kappa shape index (κ1) is 23.5. The quantitative estimate of drug-likeness (QED) is 0.464. The summed E-state index contributed by atoms with van der Waals surface area (Å²) in [5, 5.41) is 0. The molecule has 0 unspecified atom stereocenters. The molecule has 78 valence electrons. The molecular weight excluding hydrogens is 254 g/mol. The van der Waals surface area contributed by atoms with Crippen molar-refractivity contribution in [2.24, 2.45) is 0 Å². The zero-order chi connectivity index (χ0) is 7.61. The summed E-state index contributed by atoms with van der Waals surface area (Å²) >= 11 is -4.95. The molecule has 6 N–H and O–H groups in total. The fourth-order valence-corrected chi connectivity index (χ4v) is 1.62. The van der Waals surface area contributed by atoms with Crippen molar-refractivity contribution in [3.63, 3.8) is 0 Å². The fourth-order valence-electron chi connectivity index (χ4n) is 0.587. The molecule has 14 heavy (non-hydrogen) atoms. The second-order valence-electron chi connectivity index (χ2n) is 1.77. The van der Waals surface area contributed by atoms with Crippen molar-refractivity contribution in [1.82, 2.24) is 0 Å². The van der Waals surface area contributed by atoms with E-state index in [1.165, 1.54) is 24.3 Å². The smallest absolute Gasteiger partial charge is 1.00 e. The SMILES string of the molecule is O.O.O.O=[Se](=O)([O-])c1ccccc1.[Li+]. The van der Waals surface area contributed by atoms with Crippen LogP contribution in [0.3, 0.4) is 0 Å². The van der Waals surface area contributed by atoms with E-state index in [2.05, 4.69) is 0 Å². The Balaban J connectivity index is -0.000000125. The molecule has 0 aliphatic rings. The summed E-state index contributed by atoms with van der Waals surface area (Å²) in [6, 6.07) is 7.30. The molecule has 8 heteroatoms. The molecule has 0 amide bonds. The molecular formula is C6H11LiO6Se. The molecule has 0 aromatic heterocycles. The fraction of sp³-hybridized carbons (Fsp3) is 0. The monoisotopic (exact) mass is 266 g/mol. The van der Waals surface area contributed by atoms with E-state index < -0.39 is 13.0 Å². The molecule has 0 aliphatic carbocycles. The minimum absolute atomic E-state index is 0. The third kappa shape index (κ3) is 7.21. The van der Waals surface area contributed by atoms with Crippen molar-refractivity contribution in [3.8, 4) is 0 Å².